The summed E-state index contributed by atoms with van der Waals surface area (Å²) in [5.41, 5.74) is 8.58. The number of fused-ring (bicyclic) bond motifs is 3. The molecule has 1 fully saturated rings. The van der Waals surface area contributed by atoms with Crippen LogP contribution in [-0.2, 0) is 6.42 Å². The minimum atomic E-state index is 0.665. The van der Waals surface area contributed by atoms with E-state index in [9.17, 15) is 0 Å². The van der Waals surface area contributed by atoms with Crippen LogP contribution in [0.1, 0.15) is 18.4 Å². The normalized spacial score (nSPS) is 27.8. The first-order chi connectivity index (χ1) is 7.78. The summed E-state index contributed by atoms with van der Waals surface area (Å²) in [6, 6.07) is 6.97. The number of piperidine rings is 1. The van der Waals surface area contributed by atoms with Crippen LogP contribution >= 0.6 is 11.6 Å². The zero-order valence-corrected chi connectivity index (χ0v) is 10.1. The molecule has 2 atom stereocenters. The van der Waals surface area contributed by atoms with Crippen LogP contribution in [0.15, 0.2) is 18.2 Å². The Morgan fingerprint density at radius 1 is 1.38 bits per heavy atom. The van der Waals surface area contributed by atoms with Crippen LogP contribution in [0.25, 0.3) is 0 Å². The SMILES string of the molecule is NCC1CCC2Cc3cc(Cl)ccc3N2C1. The smallest absolute Gasteiger partial charge is 0.0410 e. The van der Waals surface area contributed by atoms with Gasteiger partial charge in [-0.05, 0) is 55.5 Å². The lowest BCUT2D eigenvalue weighted by Gasteiger charge is -2.36. The summed E-state index contributed by atoms with van der Waals surface area (Å²) in [7, 11) is 0. The Balaban J connectivity index is 1.91. The van der Waals surface area contributed by atoms with Gasteiger partial charge in [-0.15, -0.1) is 0 Å². The molecule has 0 amide bonds. The molecule has 1 saturated heterocycles. The Bertz CT molecular complexity index is 405. The maximum Gasteiger partial charge on any atom is 0.0410 e. The third-order valence-electron chi connectivity index (χ3n) is 3.94. The van der Waals surface area contributed by atoms with Crippen molar-refractivity contribution in [2.45, 2.75) is 25.3 Å². The third-order valence-corrected chi connectivity index (χ3v) is 4.18. The molecule has 2 unspecified atom stereocenters. The van der Waals surface area contributed by atoms with Crippen molar-refractivity contribution in [3.63, 3.8) is 0 Å². The van der Waals surface area contributed by atoms with E-state index >= 15 is 0 Å². The summed E-state index contributed by atoms with van der Waals surface area (Å²) in [6.07, 6.45) is 3.71. The van der Waals surface area contributed by atoms with Gasteiger partial charge in [-0.2, -0.15) is 0 Å². The maximum absolute atomic E-state index is 6.04. The number of hydrogen-bond donors (Lipinski definition) is 1. The van der Waals surface area contributed by atoms with Gasteiger partial charge >= 0.3 is 0 Å². The lowest BCUT2D eigenvalue weighted by molar-refractivity contribution is 0.372. The van der Waals surface area contributed by atoms with E-state index in [0.717, 1.165) is 24.5 Å². The molecule has 1 aromatic carbocycles. The maximum atomic E-state index is 6.04. The van der Waals surface area contributed by atoms with Crippen molar-refractivity contribution in [3.05, 3.63) is 28.8 Å². The largest absolute Gasteiger partial charge is 0.368 e. The first-order valence-corrected chi connectivity index (χ1v) is 6.41. The number of nitrogens with zero attached hydrogens (tertiary/aromatic N) is 1. The predicted molar refractivity (Wildman–Crippen MR) is 68.1 cm³/mol. The van der Waals surface area contributed by atoms with Gasteiger partial charge in [0.15, 0.2) is 0 Å². The van der Waals surface area contributed by atoms with Crippen molar-refractivity contribution >= 4 is 17.3 Å². The van der Waals surface area contributed by atoms with Crippen LogP contribution in [0.4, 0.5) is 5.69 Å². The molecule has 0 radical (unpaired) electrons. The van der Waals surface area contributed by atoms with Crippen LogP contribution in [0.2, 0.25) is 5.02 Å². The summed E-state index contributed by atoms with van der Waals surface area (Å²) >= 11 is 6.04. The minimum Gasteiger partial charge on any atom is -0.368 e. The molecule has 2 N–H and O–H groups in total. The van der Waals surface area contributed by atoms with E-state index < -0.39 is 0 Å². The molecule has 16 heavy (non-hydrogen) atoms. The Morgan fingerprint density at radius 2 is 2.25 bits per heavy atom. The molecule has 2 aliphatic heterocycles. The molecule has 3 heteroatoms. The van der Waals surface area contributed by atoms with Gasteiger partial charge in [0.25, 0.3) is 0 Å². The van der Waals surface area contributed by atoms with Gasteiger partial charge in [0.05, 0.1) is 0 Å². The molecule has 86 valence electrons. The van der Waals surface area contributed by atoms with Crippen molar-refractivity contribution in [2.24, 2.45) is 11.7 Å². The molecular formula is C13H17ClN2. The molecule has 2 heterocycles. The van der Waals surface area contributed by atoms with E-state index in [-0.39, 0.29) is 0 Å². The van der Waals surface area contributed by atoms with Gasteiger partial charge in [0.1, 0.15) is 0 Å². The zero-order valence-electron chi connectivity index (χ0n) is 9.32. The molecule has 2 aliphatic rings. The predicted octanol–water partition coefficient (Wildman–Crippen LogP) is 2.44. The summed E-state index contributed by atoms with van der Waals surface area (Å²) in [5.74, 6) is 0.665. The number of benzene rings is 1. The molecule has 3 rings (SSSR count). The average Bonchev–Trinajstić information content (AvgIpc) is 2.65. The summed E-state index contributed by atoms with van der Waals surface area (Å²) in [6.45, 7) is 1.93. The average molecular weight is 237 g/mol. The van der Waals surface area contributed by atoms with Gasteiger partial charge in [-0.25, -0.2) is 0 Å². The van der Waals surface area contributed by atoms with E-state index in [1.54, 1.807) is 0 Å². The molecule has 1 aromatic rings. The van der Waals surface area contributed by atoms with E-state index in [0.29, 0.717) is 12.0 Å². The van der Waals surface area contributed by atoms with Crippen molar-refractivity contribution in [3.8, 4) is 0 Å². The van der Waals surface area contributed by atoms with E-state index in [4.69, 9.17) is 17.3 Å². The van der Waals surface area contributed by atoms with Crippen LogP contribution in [-0.4, -0.2) is 19.1 Å². The van der Waals surface area contributed by atoms with Gasteiger partial charge in [0, 0.05) is 23.3 Å². The van der Waals surface area contributed by atoms with Crippen molar-refractivity contribution < 1.29 is 0 Å². The molecule has 2 nitrogen and oxygen atoms in total. The van der Waals surface area contributed by atoms with Crippen LogP contribution < -0.4 is 10.6 Å². The summed E-state index contributed by atoms with van der Waals surface area (Å²) in [4.78, 5) is 2.53. The topological polar surface area (TPSA) is 29.3 Å². The van der Waals surface area contributed by atoms with Crippen LogP contribution in [0.3, 0.4) is 0 Å². The Labute approximate surface area is 101 Å². The van der Waals surface area contributed by atoms with Crippen molar-refractivity contribution in [2.75, 3.05) is 18.0 Å². The van der Waals surface area contributed by atoms with Crippen LogP contribution in [0.5, 0.6) is 0 Å². The second-order valence-corrected chi connectivity index (χ2v) is 5.40. The second kappa shape index (κ2) is 3.94. The highest BCUT2D eigenvalue weighted by Gasteiger charge is 2.34. The minimum absolute atomic E-state index is 0.665. The van der Waals surface area contributed by atoms with Crippen molar-refractivity contribution in [1.29, 1.82) is 0 Å². The first kappa shape index (κ1) is 10.4. The fourth-order valence-corrected chi connectivity index (χ4v) is 3.25. The van der Waals surface area contributed by atoms with Crippen LogP contribution in [0, 0.1) is 5.92 Å². The monoisotopic (exact) mass is 236 g/mol. The fourth-order valence-electron chi connectivity index (χ4n) is 3.05. The van der Waals surface area contributed by atoms with Gasteiger partial charge < -0.3 is 10.6 Å². The standard InChI is InChI=1S/C13H17ClN2/c14-11-2-4-13-10(5-11)6-12-3-1-9(7-15)8-16(12)13/h2,4-5,9,12H,1,3,6-8,15H2. The van der Waals surface area contributed by atoms with E-state index in [1.807, 2.05) is 6.07 Å². The quantitative estimate of drug-likeness (QED) is 0.812. The first-order valence-electron chi connectivity index (χ1n) is 6.03. The Kier molecular flexibility index (Phi) is 2.56. The summed E-state index contributed by atoms with van der Waals surface area (Å²) < 4.78 is 0. The molecule has 0 aliphatic carbocycles. The number of halogens is 1. The number of rotatable bonds is 1. The number of anilines is 1. The Hall–Kier alpha value is -0.730. The fraction of sp³-hybridized carbons (Fsp3) is 0.538. The molecular weight excluding hydrogens is 220 g/mol. The number of hydrogen-bond acceptors (Lipinski definition) is 2. The van der Waals surface area contributed by atoms with Gasteiger partial charge in [-0.1, -0.05) is 11.6 Å². The molecule has 0 aromatic heterocycles. The molecule has 0 saturated carbocycles. The van der Waals surface area contributed by atoms with Gasteiger partial charge in [0.2, 0.25) is 0 Å². The Morgan fingerprint density at radius 3 is 3.06 bits per heavy atom. The summed E-state index contributed by atoms with van der Waals surface area (Å²) in [5, 5.41) is 0.856. The highest BCUT2D eigenvalue weighted by atomic mass is 35.5. The zero-order chi connectivity index (χ0) is 11.1. The second-order valence-electron chi connectivity index (χ2n) is 4.96. The third kappa shape index (κ3) is 1.61. The number of nitrogens with two attached hydrogens (primary N) is 1. The van der Waals surface area contributed by atoms with E-state index in [2.05, 4.69) is 17.0 Å². The van der Waals surface area contributed by atoms with Gasteiger partial charge in [-0.3, -0.25) is 0 Å². The lowest BCUT2D eigenvalue weighted by atomic mass is 9.93. The molecule has 0 bridgehead atoms. The highest BCUT2D eigenvalue weighted by Crippen LogP contribution is 2.39. The lowest BCUT2D eigenvalue weighted by Crippen LogP contribution is -2.43. The van der Waals surface area contributed by atoms with Crippen molar-refractivity contribution in [1.82, 2.24) is 0 Å². The van der Waals surface area contributed by atoms with E-state index in [1.165, 1.54) is 24.1 Å². The molecule has 0 spiro atoms. The highest BCUT2D eigenvalue weighted by molar-refractivity contribution is 6.30.